The minimum Gasteiger partial charge on any atom is -0.310 e. The monoisotopic (exact) mass is 260 g/mol. The average Bonchev–Trinajstić information content (AvgIpc) is 2.63. The summed E-state index contributed by atoms with van der Waals surface area (Å²) in [5, 5.41) is 3.84. The summed E-state index contributed by atoms with van der Waals surface area (Å²) in [6.07, 6.45) is 11.6. The largest absolute Gasteiger partial charge is 0.310 e. The van der Waals surface area contributed by atoms with E-state index in [1.807, 2.05) is 12.3 Å². The zero-order chi connectivity index (χ0) is 13.0. The zero-order valence-electron chi connectivity index (χ0n) is 11.6. The van der Waals surface area contributed by atoms with Gasteiger partial charge in [-0.25, -0.2) is 9.97 Å². The summed E-state index contributed by atoms with van der Waals surface area (Å²) in [6.45, 7) is 4.49. The molecule has 4 heteroatoms. The van der Waals surface area contributed by atoms with Gasteiger partial charge >= 0.3 is 0 Å². The Balaban J connectivity index is 1.67. The lowest BCUT2D eigenvalue weighted by Crippen LogP contribution is -2.52. The molecule has 1 aliphatic heterocycles. The molecule has 4 nitrogen and oxygen atoms in total. The van der Waals surface area contributed by atoms with Crippen LogP contribution in [-0.4, -0.2) is 40.0 Å². The molecule has 1 aliphatic carbocycles. The standard InChI is InChI=1S/C15H24N4/c1-2-6-15(7-3-1)12-19(10-4-8-18-15)11-14-5-9-16-13-17-14/h5,9,13,18H,1-4,6-8,10-12H2. The number of aromatic nitrogens is 2. The topological polar surface area (TPSA) is 41.0 Å². The third-order valence-electron chi connectivity index (χ3n) is 4.52. The van der Waals surface area contributed by atoms with Crippen molar-refractivity contribution >= 4 is 0 Å². The van der Waals surface area contributed by atoms with Crippen molar-refractivity contribution in [2.75, 3.05) is 19.6 Å². The quantitative estimate of drug-likeness (QED) is 0.883. The molecular weight excluding hydrogens is 236 g/mol. The van der Waals surface area contributed by atoms with Crippen LogP contribution in [0.2, 0.25) is 0 Å². The fraction of sp³-hybridized carbons (Fsp3) is 0.733. The van der Waals surface area contributed by atoms with Crippen LogP contribution in [0.1, 0.15) is 44.2 Å². The van der Waals surface area contributed by atoms with Crippen molar-refractivity contribution in [1.29, 1.82) is 0 Å². The second-order valence-corrected chi connectivity index (χ2v) is 6.03. The van der Waals surface area contributed by atoms with Gasteiger partial charge in [0.15, 0.2) is 0 Å². The van der Waals surface area contributed by atoms with E-state index in [4.69, 9.17) is 0 Å². The normalized spacial score (nSPS) is 24.2. The number of rotatable bonds is 2. The molecule has 1 saturated heterocycles. The van der Waals surface area contributed by atoms with Gasteiger partial charge < -0.3 is 5.32 Å². The van der Waals surface area contributed by atoms with Gasteiger partial charge in [-0.1, -0.05) is 19.3 Å². The summed E-state index contributed by atoms with van der Waals surface area (Å²) >= 11 is 0. The summed E-state index contributed by atoms with van der Waals surface area (Å²) in [7, 11) is 0. The Hall–Kier alpha value is -1.00. The third-order valence-corrected chi connectivity index (χ3v) is 4.52. The minimum absolute atomic E-state index is 0.377. The molecule has 0 unspecified atom stereocenters. The lowest BCUT2D eigenvalue weighted by molar-refractivity contribution is 0.158. The molecule has 19 heavy (non-hydrogen) atoms. The van der Waals surface area contributed by atoms with E-state index >= 15 is 0 Å². The van der Waals surface area contributed by atoms with Crippen LogP contribution < -0.4 is 5.32 Å². The first kappa shape index (κ1) is 13.0. The lowest BCUT2D eigenvalue weighted by Gasteiger charge is -2.40. The molecule has 1 N–H and O–H groups in total. The predicted molar refractivity (Wildman–Crippen MR) is 75.7 cm³/mol. The van der Waals surface area contributed by atoms with E-state index in [1.54, 1.807) is 6.33 Å². The van der Waals surface area contributed by atoms with Crippen molar-refractivity contribution < 1.29 is 0 Å². The predicted octanol–water partition coefficient (Wildman–Crippen LogP) is 1.97. The second kappa shape index (κ2) is 5.97. The van der Waals surface area contributed by atoms with Gasteiger partial charge in [-0.2, -0.15) is 0 Å². The number of nitrogens with zero attached hydrogens (tertiary/aromatic N) is 3. The van der Waals surface area contributed by atoms with Crippen LogP contribution in [0.4, 0.5) is 0 Å². The Morgan fingerprint density at radius 3 is 2.89 bits per heavy atom. The molecule has 3 rings (SSSR count). The first-order chi connectivity index (χ1) is 9.36. The van der Waals surface area contributed by atoms with Crippen molar-refractivity contribution in [3.8, 4) is 0 Å². The highest BCUT2D eigenvalue weighted by Crippen LogP contribution is 2.30. The van der Waals surface area contributed by atoms with Crippen LogP contribution in [-0.2, 0) is 6.54 Å². The van der Waals surface area contributed by atoms with E-state index in [2.05, 4.69) is 20.2 Å². The molecule has 0 aromatic carbocycles. The molecule has 2 heterocycles. The molecule has 1 saturated carbocycles. The maximum Gasteiger partial charge on any atom is 0.115 e. The van der Waals surface area contributed by atoms with Crippen LogP contribution in [0.5, 0.6) is 0 Å². The van der Waals surface area contributed by atoms with E-state index in [-0.39, 0.29) is 0 Å². The summed E-state index contributed by atoms with van der Waals surface area (Å²) in [5.74, 6) is 0. The minimum atomic E-state index is 0.377. The van der Waals surface area contributed by atoms with Crippen molar-refractivity contribution in [3.63, 3.8) is 0 Å². The van der Waals surface area contributed by atoms with Gasteiger partial charge in [0.05, 0.1) is 5.69 Å². The van der Waals surface area contributed by atoms with Gasteiger partial charge in [0, 0.05) is 24.8 Å². The summed E-state index contributed by atoms with van der Waals surface area (Å²) in [5.41, 5.74) is 1.52. The van der Waals surface area contributed by atoms with Gasteiger partial charge in [-0.3, -0.25) is 4.90 Å². The zero-order valence-corrected chi connectivity index (χ0v) is 11.6. The van der Waals surface area contributed by atoms with Crippen LogP contribution in [0.3, 0.4) is 0 Å². The fourth-order valence-corrected chi connectivity index (χ4v) is 3.56. The summed E-state index contributed by atoms with van der Waals surface area (Å²) < 4.78 is 0. The van der Waals surface area contributed by atoms with Gasteiger partial charge in [-0.05, 0) is 38.4 Å². The Labute approximate surface area is 115 Å². The van der Waals surface area contributed by atoms with Crippen LogP contribution in [0.15, 0.2) is 18.6 Å². The first-order valence-electron chi connectivity index (χ1n) is 7.59. The van der Waals surface area contributed by atoms with Crippen molar-refractivity contribution in [1.82, 2.24) is 20.2 Å². The number of hydrogen-bond acceptors (Lipinski definition) is 4. The molecule has 2 fully saturated rings. The van der Waals surface area contributed by atoms with Gasteiger partial charge in [0.25, 0.3) is 0 Å². The Morgan fingerprint density at radius 2 is 2.11 bits per heavy atom. The van der Waals surface area contributed by atoms with Crippen molar-refractivity contribution in [2.45, 2.75) is 50.6 Å². The fourth-order valence-electron chi connectivity index (χ4n) is 3.56. The SMILES string of the molecule is c1cc(CN2CCCNC3(CCCCC3)C2)ncn1. The molecule has 2 aliphatic rings. The Morgan fingerprint density at radius 1 is 1.21 bits per heavy atom. The molecule has 0 atom stereocenters. The van der Waals surface area contributed by atoms with Gasteiger partial charge in [-0.15, -0.1) is 0 Å². The van der Waals surface area contributed by atoms with Crippen LogP contribution in [0, 0.1) is 0 Å². The van der Waals surface area contributed by atoms with E-state index in [9.17, 15) is 0 Å². The smallest absolute Gasteiger partial charge is 0.115 e. The number of nitrogens with one attached hydrogen (secondary N) is 1. The Kier molecular flexibility index (Phi) is 4.09. The maximum absolute atomic E-state index is 4.36. The van der Waals surface area contributed by atoms with Crippen molar-refractivity contribution in [3.05, 3.63) is 24.3 Å². The average molecular weight is 260 g/mol. The van der Waals surface area contributed by atoms with E-state index < -0.39 is 0 Å². The molecule has 0 bridgehead atoms. The van der Waals surface area contributed by atoms with Crippen LogP contribution >= 0.6 is 0 Å². The molecule has 1 aromatic heterocycles. The first-order valence-corrected chi connectivity index (χ1v) is 7.59. The molecule has 0 radical (unpaired) electrons. The molecule has 0 amide bonds. The second-order valence-electron chi connectivity index (χ2n) is 6.03. The third kappa shape index (κ3) is 3.31. The van der Waals surface area contributed by atoms with Gasteiger partial charge in [0.2, 0.25) is 0 Å². The van der Waals surface area contributed by atoms with E-state index in [0.29, 0.717) is 5.54 Å². The summed E-state index contributed by atoms with van der Waals surface area (Å²) in [4.78, 5) is 10.9. The lowest BCUT2D eigenvalue weighted by atomic mass is 9.81. The highest BCUT2D eigenvalue weighted by atomic mass is 15.2. The molecule has 1 aromatic rings. The molecular formula is C15H24N4. The molecule has 1 spiro atoms. The van der Waals surface area contributed by atoms with Crippen molar-refractivity contribution in [2.24, 2.45) is 0 Å². The molecule has 104 valence electrons. The highest BCUT2D eigenvalue weighted by Gasteiger charge is 2.34. The van der Waals surface area contributed by atoms with E-state index in [1.165, 1.54) is 58.2 Å². The summed E-state index contributed by atoms with van der Waals surface area (Å²) in [6, 6.07) is 2.03. The highest BCUT2D eigenvalue weighted by molar-refractivity contribution is 5.00. The van der Waals surface area contributed by atoms with E-state index in [0.717, 1.165) is 12.2 Å². The van der Waals surface area contributed by atoms with Crippen LogP contribution in [0.25, 0.3) is 0 Å². The Bertz CT molecular complexity index is 386. The maximum atomic E-state index is 4.36. The number of hydrogen-bond donors (Lipinski definition) is 1. The van der Waals surface area contributed by atoms with Gasteiger partial charge in [0.1, 0.15) is 6.33 Å².